The molecule has 0 aliphatic carbocycles. The second-order valence-corrected chi connectivity index (χ2v) is 5.74. The fourth-order valence-corrected chi connectivity index (χ4v) is 2.33. The average molecular weight is 368 g/mol. The van der Waals surface area contributed by atoms with Crippen molar-refractivity contribution in [2.45, 2.75) is 6.18 Å². The third-order valence-corrected chi connectivity index (χ3v) is 3.77. The zero-order chi connectivity index (χ0) is 19.3. The molecule has 1 aromatic heterocycles. The van der Waals surface area contributed by atoms with Crippen LogP contribution < -0.4 is 9.78 Å². The van der Waals surface area contributed by atoms with Crippen LogP contribution in [0.4, 0.5) is 13.2 Å². The van der Waals surface area contributed by atoms with Crippen molar-refractivity contribution in [2.75, 3.05) is 0 Å². The number of rotatable bonds is 4. The highest BCUT2D eigenvalue weighted by Gasteiger charge is 2.29. The van der Waals surface area contributed by atoms with E-state index in [2.05, 4.69) is 5.10 Å². The van der Waals surface area contributed by atoms with Crippen LogP contribution in [0.15, 0.2) is 84.2 Å². The highest BCUT2D eigenvalue weighted by atomic mass is 19.4. The van der Waals surface area contributed by atoms with Crippen LogP contribution in [0, 0.1) is 0 Å². The van der Waals surface area contributed by atoms with Crippen LogP contribution in [0.2, 0.25) is 0 Å². The predicted octanol–water partition coefficient (Wildman–Crippen LogP) is 3.73. The molecule has 0 aliphatic rings. The standard InChI is InChI=1S/C21H15F3N2O/c22-21(23,24)19-12-8-17(9-13-19)5-4-16-6-10-18(11-7-16)20(27)25-26-14-2-1-3-15-26/h1-15H/b5-4+. The van der Waals surface area contributed by atoms with E-state index in [4.69, 9.17) is 0 Å². The molecule has 0 N–H and O–H groups in total. The molecule has 0 radical (unpaired) electrons. The summed E-state index contributed by atoms with van der Waals surface area (Å²) in [6, 6.07) is 17.1. The first kappa shape index (κ1) is 18.4. The van der Waals surface area contributed by atoms with Crippen LogP contribution in [-0.4, -0.2) is 5.90 Å². The molecule has 3 nitrogen and oxygen atoms in total. The molecule has 0 fully saturated rings. The van der Waals surface area contributed by atoms with Crippen molar-refractivity contribution in [3.63, 3.8) is 0 Å². The molecule has 3 rings (SSSR count). The van der Waals surface area contributed by atoms with Gasteiger partial charge in [-0.2, -0.15) is 13.2 Å². The lowest BCUT2D eigenvalue weighted by molar-refractivity contribution is -0.681. The lowest BCUT2D eigenvalue weighted by Gasteiger charge is -2.07. The van der Waals surface area contributed by atoms with Gasteiger partial charge in [-0.3, -0.25) is 0 Å². The smallest absolute Gasteiger partial charge is 0.416 e. The Balaban J connectivity index is 1.70. The molecular weight excluding hydrogens is 353 g/mol. The number of hydrogen-bond acceptors (Lipinski definition) is 2. The maximum Gasteiger partial charge on any atom is 0.416 e. The van der Waals surface area contributed by atoms with E-state index in [-0.39, 0.29) is 5.90 Å². The van der Waals surface area contributed by atoms with Gasteiger partial charge in [0.05, 0.1) is 11.5 Å². The fraction of sp³-hybridized carbons (Fsp3) is 0.0476. The molecular formula is C21H15F3N2O. The van der Waals surface area contributed by atoms with E-state index in [1.165, 1.54) is 16.8 Å². The molecule has 136 valence electrons. The number of aromatic nitrogens is 1. The molecule has 1 heterocycles. The Labute approximate surface area is 154 Å². The molecule has 0 aliphatic heterocycles. The number of pyridine rings is 1. The second-order valence-electron chi connectivity index (χ2n) is 5.74. The van der Waals surface area contributed by atoms with Gasteiger partial charge in [0.2, 0.25) is 12.4 Å². The molecule has 0 bridgehead atoms. The molecule has 6 heteroatoms. The number of hydrogen-bond donors (Lipinski definition) is 0. The molecule has 0 amide bonds. The monoisotopic (exact) mass is 368 g/mol. The largest absolute Gasteiger partial charge is 0.854 e. The van der Waals surface area contributed by atoms with Gasteiger partial charge < -0.3 is 5.11 Å². The fourth-order valence-electron chi connectivity index (χ4n) is 2.33. The Bertz CT molecular complexity index is 945. The van der Waals surface area contributed by atoms with Gasteiger partial charge in [0.1, 0.15) is 0 Å². The normalized spacial score (nSPS) is 12.5. The van der Waals surface area contributed by atoms with Crippen LogP contribution in [0.5, 0.6) is 0 Å². The topological polar surface area (TPSA) is 39.3 Å². The van der Waals surface area contributed by atoms with Gasteiger partial charge in [0.25, 0.3) is 0 Å². The van der Waals surface area contributed by atoms with E-state index in [9.17, 15) is 18.3 Å². The zero-order valence-electron chi connectivity index (χ0n) is 14.1. The van der Waals surface area contributed by atoms with Crippen molar-refractivity contribution in [1.82, 2.24) is 0 Å². The van der Waals surface area contributed by atoms with Crippen molar-refractivity contribution < 1.29 is 23.0 Å². The van der Waals surface area contributed by atoms with E-state index in [0.29, 0.717) is 11.1 Å². The summed E-state index contributed by atoms with van der Waals surface area (Å²) in [6.07, 6.45) is 2.47. The van der Waals surface area contributed by atoms with Gasteiger partial charge in [-0.25, -0.2) is 0 Å². The Kier molecular flexibility index (Phi) is 5.35. The minimum atomic E-state index is -4.34. The minimum absolute atomic E-state index is 0.371. The predicted molar refractivity (Wildman–Crippen MR) is 95.4 cm³/mol. The first-order valence-electron chi connectivity index (χ1n) is 8.10. The quantitative estimate of drug-likeness (QED) is 0.299. The SMILES string of the molecule is [O-]/C(=N\[n+]1ccccc1)c1ccc(/C=C/c2ccc(C(F)(F)F)cc2)cc1. The minimum Gasteiger partial charge on any atom is -0.854 e. The van der Waals surface area contributed by atoms with Crippen molar-refractivity contribution in [2.24, 2.45) is 5.10 Å². The number of nitrogens with zero attached hydrogens (tertiary/aromatic N) is 2. The Morgan fingerprint density at radius 2 is 1.33 bits per heavy atom. The maximum atomic E-state index is 12.6. The van der Waals surface area contributed by atoms with Crippen LogP contribution in [0.1, 0.15) is 22.3 Å². The summed E-state index contributed by atoms with van der Waals surface area (Å²) in [5.74, 6) is -0.371. The third-order valence-electron chi connectivity index (χ3n) is 3.77. The molecule has 0 atom stereocenters. The number of alkyl halides is 3. The molecule has 0 spiro atoms. The molecule has 27 heavy (non-hydrogen) atoms. The lowest BCUT2D eigenvalue weighted by Crippen LogP contribution is -2.33. The van der Waals surface area contributed by atoms with Crippen LogP contribution in [0.25, 0.3) is 12.2 Å². The van der Waals surface area contributed by atoms with Crippen LogP contribution in [0.3, 0.4) is 0 Å². The van der Waals surface area contributed by atoms with Crippen molar-refractivity contribution in [3.8, 4) is 0 Å². The molecule has 2 aromatic carbocycles. The van der Waals surface area contributed by atoms with Gasteiger partial charge in [0, 0.05) is 12.1 Å². The van der Waals surface area contributed by atoms with E-state index in [1.54, 1.807) is 60.9 Å². The summed E-state index contributed by atoms with van der Waals surface area (Å²) in [5, 5.41) is 16.1. The molecule has 0 saturated carbocycles. The van der Waals surface area contributed by atoms with E-state index < -0.39 is 11.7 Å². The van der Waals surface area contributed by atoms with Gasteiger partial charge in [0.15, 0.2) is 0 Å². The lowest BCUT2D eigenvalue weighted by atomic mass is 10.1. The highest BCUT2D eigenvalue weighted by molar-refractivity contribution is 5.90. The van der Waals surface area contributed by atoms with Gasteiger partial charge in [-0.15, -0.1) is 0 Å². The second kappa shape index (κ2) is 7.86. The highest BCUT2D eigenvalue weighted by Crippen LogP contribution is 2.29. The molecule has 3 aromatic rings. The summed E-state index contributed by atoms with van der Waals surface area (Å²) >= 11 is 0. The average Bonchev–Trinajstić information content (AvgIpc) is 2.67. The van der Waals surface area contributed by atoms with Crippen molar-refractivity contribution in [3.05, 3.63) is 101 Å². The van der Waals surface area contributed by atoms with E-state index >= 15 is 0 Å². The summed E-state index contributed by atoms with van der Waals surface area (Å²) in [4.78, 5) is 0. The van der Waals surface area contributed by atoms with Gasteiger partial charge in [-0.05, 0) is 33.9 Å². The maximum absolute atomic E-state index is 12.6. The molecule has 0 unspecified atom stereocenters. The molecule has 0 saturated heterocycles. The first-order chi connectivity index (χ1) is 12.9. The summed E-state index contributed by atoms with van der Waals surface area (Å²) in [5.41, 5.74) is 1.23. The number of halogens is 3. The summed E-state index contributed by atoms with van der Waals surface area (Å²) in [6.45, 7) is 0. The van der Waals surface area contributed by atoms with Crippen LogP contribution >= 0.6 is 0 Å². The Hall–Kier alpha value is -3.41. The van der Waals surface area contributed by atoms with Crippen molar-refractivity contribution in [1.29, 1.82) is 0 Å². The van der Waals surface area contributed by atoms with Crippen LogP contribution in [-0.2, 0) is 6.18 Å². The first-order valence-corrected chi connectivity index (χ1v) is 8.10. The summed E-state index contributed by atoms with van der Waals surface area (Å²) < 4.78 is 39.1. The Morgan fingerprint density at radius 1 is 0.815 bits per heavy atom. The van der Waals surface area contributed by atoms with Gasteiger partial charge in [-0.1, -0.05) is 59.3 Å². The summed E-state index contributed by atoms with van der Waals surface area (Å²) in [7, 11) is 0. The third kappa shape index (κ3) is 5.04. The van der Waals surface area contributed by atoms with Gasteiger partial charge >= 0.3 is 6.18 Å². The number of benzene rings is 2. The van der Waals surface area contributed by atoms with E-state index in [0.717, 1.165) is 17.7 Å². The van der Waals surface area contributed by atoms with Crippen molar-refractivity contribution >= 4 is 18.0 Å². The zero-order valence-corrected chi connectivity index (χ0v) is 14.1. The van der Waals surface area contributed by atoms with E-state index in [1.807, 2.05) is 6.07 Å². The Morgan fingerprint density at radius 3 is 1.85 bits per heavy atom.